The minimum absolute atomic E-state index is 1.11. The summed E-state index contributed by atoms with van der Waals surface area (Å²) in [6.45, 7) is 4.30. The molecule has 13 heavy (non-hydrogen) atoms. The van der Waals surface area contributed by atoms with E-state index >= 15 is 0 Å². The summed E-state index contributed by atoms with van der Waals surface area (Å²) in [7, 11) is 0. The first-order valence-corrected chi connectivity index (χ1v) is 4.69. The van der Waals surface area contributed by atoms with Gasteiger partial charge in [0.1, 0.15) is 0 Å². The zero-order valence-corrected chi connectivity index (χ0v) is 8.17. The minimum atomic E-state index is 1.11. The number of aryl methyl sites for hydroxylation is 1. The molecule has 0 aliphatic heterocycles. The SMILES string of the molecule is CC1=CC=C(c2ccc(C)cc2)C1. The number of hydrogen-bond donors (Lipinski definition) is 0. The second-order valence-corrected chi connectivity index (χ2v) is 3.75. The molecule has 0 nitrogen and oxygen atoms in total. The molecule has 2 rings (SSSR count). The van der Waals surface area contributed by atoms with Crippen molar-refractivity contribution in [2.75, 3.05) is 0 Å². The molecular weight excluding hydrogens is 156 g/mol. The normalized spacial score (nSPS) is 15.5. The molecular formula is C13H14. The lowest BCUT2D eigenvalue weighted by Gasteiger charge is -2.03. The predicted molar refractivity (Wildman–Crippen MR) is 57.5 cm³/mol. The van der Waals surface area contributed by atoms with Gasteiger partial charge in [0.05, 0.1) is 0 Å². The summed E-state index contributed by atoms with van der Waals surface area (Å²) in [6.07, 6.45) is 5.54. The molecule has 0 saturated heterocycles. The first kappa shape index (κ1) is 8.31. The summed E-state index contributed by atoms with van der Waals surface area (Å²) in [4.78, 5) is 0. The van der Waals surface area contributed by atoms with Gasteiger partial charge in [-0.25, -0.2) is 0 Å². The van der Waals surface area contributed by atoms with Crippen LogP contribution >= 0.6 is 0 Å². The molecule has 66 valence electrons. The van der Waals surface area contributed by atoms with Crippen LogP contribution in [0.25, 0.3) is 5.57 Å². The molecule has 1 aromatic carbocycles. The molecule has 0 heteroatoms. The average Bonchev–Trinajstić information content (AvgIpc) is 2.53. The number of benzene rings is 1. The molecule has 0 heterocycles. The van der Waals surface area contributed by atoms with Crippen LogP contribution in [-0.4, -0.2) is 0 Å². The van der Waals surface area contributed by atoms with Crippen LogP contribution < -0.4 is 0 Å². The molecule has 0 radical (unpaired) electrons. The Labute approximate surface area is 79.6 Å². The molecule has 0 bridgehead atoms. The lowest BCUT2D eigenvalue weighted by Crippen LogP contribution is -1.82. The van der Waals surface area contributed by atoms with E-state index in [9.17, 15) is 0 Å². The molecule has 0 unspecified atom stereocenters. The van der Waals surface area contributed by atoms with Gasteiger partial charge in [0.2, 0.25) is 0 Å². The highest BCUT2D eigenvalue weighted by Crippen LogP contribution is 2.27. The van der Waals surface area contributed by atoms with Gasteiger partial charge >= 0.3 is 0 Å². The Morgan fingerprint density at radius 2 is 1.62 bits per heavy atom. The van der Waals surface area contributed by atoms with Crippen LogP contribution in [0.2, 0.25) is 0 Å². The van der Waals surface area contributed by atoms with Gasteiger partial charge in [0.25, 0.3) is 0 Å². The smallest absolute Gasteiger partial charge is 0.00608 e. The molecule has 0 atom stereocenters. The Balaban J connectivity index is 2.24. The van der Waals surface area contributed by atoms with Crippen LogP contribution in [0.3, 0.4) is 0 Å². The summed E-state index contributed by atoms with van der Waals surface area (Å²) in [5.41, 5.74) is 5.58. The van der Waals surface area contributed by atoms with Crippen LogP contribution in [-0.2, 0) is 0 Å². The molecule has 0 fully saturated rings. The number of rotatable bonds is 1. The Kier molecular flexibility index (Phi) is 2.05. The molecule has 0 N–H and O–H groups in total. The van der Waals surface area contributed by atoms with Crippen molar-refractivity contribution in [2.24, 2.45) is 0 Å². The van der Waals surface area contributed by atoms with Crippen molar-refractivity contribution in [3.05, 3.63) is 53.1 Å². The number of hydrogen-bond acceptors (Lipinski definition) is 0. The largest absolute Gasteiger partial charge is 0.0689 e. The van der Waals surface area contributed by atoms with Crippen LogP contribution in [0.5, 0.6) is 0 Å². The van der Waals surface area contributed by atoms with E-state index in [4.69, 9.17) is 0 Å². The van der Waals surface area contributed by atoms with E-state index in [1.165, 1.54) is 22.3 Å². The second kappa shape index (κ2) is 3.21. The topological polar surface area (TPSA) is 0 Å². The standard InChI is InChI=1S/C13H14/c1-10-3-6-12(7-4-10)13-8-5-11(2)9-13/h3-8H,9H2,1-2H3. The Bertz CT molecular complexity index is 364. The monoisotopic (exact) mass is 170 g/mol. The zero-order valence-electron chi connectivity index (χ0n) is 8.17. The van der Waals surface area contributed by atoms with E-state index in [0.717, 1.165) is 6.42 Å². The minimum Gasteiger partial charge on any atom is -0.0689 e. The fourth-order valence-electron chi connectivity index (χ4n) is 1.63. The van der Waals surface area contributed by atoms with Gasteiger partial charge in [-0.1, -0.05) is 47.6 Å². The molecule has 0 amide bonds. The third kappa shape index (κ3) is 1.72. The lowest BCUT2D eigenvalue weighted by molar-refractivity contribution is 1.26. The fourth-order valence-corrected chi connectivity index (χ4v) is 1.63. The van der Waals surface area contributed by atoms with Crippen molar-refractivity contribution in [3.8, 4) is 0 Å². The van der Waals surface area contributed by atoms with E-state index in [2.05, 4.69) is 50.3 Å². The summed E-state index contributed by atoms with van der Waals surface area (Å²) in [5, 5.41) is 0. The van der Waals surface area contributed by atoms with Gasteiger partial charge < -0.3 is 0 Å². The quantitative estimate of drug-likeness (QED) is 0.602. The highest BCUT2D eigenvalue weighted by Gasteiger charge is 2.05. The third-order valence-corrected chi connectivity index (χ3v) is 2.46. The van der Waals surface area contributed by atoms with E-state index in [0.29, 0.717) is 0 Å². The van der Waals surface area contributed by atoms with Gasteiger partial charge in [-0.3, -0.25) is 0 Å². The van der Waals surface area contributed by atoms with Crippen molar-refractivity contribution in [3.63, 3.8) is 0 Å². The number of allylic oxidation sites excluding steroid dienone is 4. The fraction of sp³-hybridized carbons (Fsp3) is 0.231. The Morgan fingerprint density at radius 3 is 2.15 bits per heavy atom. The van der Waals surface area contributed by atoms with Gasteiger partial charge in [-0.2, -0.15) is 0 Å². The predicted octanol–water partition coefficient (Wildman–Crippen LogP) is 3.73. The van der Waals surface area contributed by atoms with Gasteiger partial charge in [0.15, 0.2) is 0 Å². The van der Waals surface area contributed by atoms with E-state index in [1.54, 1.807) is 0 Å². The molecule has 1 aromatic rings. The second-order valence-electron chi connectivity index (χ2n) is 3.75. The van der Waals surface area contributed by atoms with Crippen LogP contribution in [0.4, 0.5) is 0 Å². The average molecular weight is 170 g/mol. The molecule has 0 aromatic heterocycles. The summed E-state index contributed by atoms with van der Waals surface area (Å²) < 4.78 is 0. The molecule has 1 aliphatic rings. The van der Waals surface area contributed by atoms with Gasteiger partial charge in [-0.15, -0.1) is 0 Å². The highest BCUT2D eigenvalue weighted by molar-refractivity contribution is 5.72. The van der Waals surface area contributed by atoms with Crippen molar-refractivity contribution in [1.82, 2.24) is 0 Å². The Hall–Kier alpha value is -1.30. The molecule has 1 aliphatic carbocycles. The van der Waals surface area contributed by atoms with E-state index in [1.807, 2.05) is 0 Å². The lowest BCUT2D eigenvalue weighted by atomic mass is 10.0. The van der Waals surface area contributed by atoms with Gasteiger partial charge in [-0.05, 0) is 31.4 Å². The van der Waals surface area contributed by atoms with Crippen LogP contribution in [0, 0.1) is 6.92 Å². The van der Waals surface area contributed by atoms with Crippen LogP contribution in [0.15, 0.2) is 42.0 Å². The first-order valence-electron chi connectivity index (χ1n) is 4.69. The van der Waals surface area contributed by atoms with Crippen molar-refractivity contribution in [2.45, 2.75) is 20.3 Å². The Morgan fingerprint density at radius 1 is 0.923 bits per heavy atom. The molecule has 0 spiro atoms. The summed E-state index contributed by atoms with van der Waals surface area (Å²) >= 11 is 0. The maximum absolute atomic E-state index is 2.22. The van der Waals surface area contributed by atoms with Crippen molar-refractivity contribution < 1.29 is 0 Å². The zero-order chi connectivity index (χ0) is 9.26. The third-order valence-electron chi connectivity index (χ3n) is 2.46. The maximum atomic E-state index is 2.22. The summed E-state index contributed by atoms with van der Waals surface area (Å²) in [6, 6.07) is 8.74. The summed E-state index contributed by atoms with van der Waals surface area (Å²) in [5.74, 6) is 0. The van der Waals surface area contributed by atoms with E-state index < -0.39 is 0 Å². The van der Waals surface area contributed by atoms with Crippen molar-refractivity contribution >= 4 is 5.57 Å². The maximum Gasteiger partial charge on any atom is -0.00608 e. The van der Waals surface area contributed by atoms with Crippen molar-refractivity contribution in [1.29, 1.82) is 0 Å². The van der Waals surface area contributed by atoms with E-state index in [-0.39, 0.29) is 0 Å². The van der Waals surface area contributed by atoms with Crippen LogP contribution in [0.1, 0.15) is 24.5 Å². The molecule has 0 saturated carbocycles. The van der Waals surface area contributed by atoms with Gasteiger partial charge in [0, 0.05) is 0 Å². The first-order chi connectivity index (χ1) is 6.25. The highest BCUT2D eigenvalue weighted by atomic mass is 14.1.